The molecule has 0 radical (unpaired) electrons. The fourth-order valence-electron chi connectivity index (χ4n) is 2.26. The van der Waals surface area contributed by atoms with Gasteiger partial charge in [-0.1, -0.05) is 54.6 Å². The summed E-state index contributed by atoms with van der Waals surface area (Å²) < 4.78 is 5.63. The van der Waals surface area contributed by atoms with Gasteiger partial charge in [0.15, 0.2) is 0 Å². The lowest BCUT2D eigenvalue weighted by atomic mass is 10.0. The van der Waals surface area contributed by atoms with Crippen molar-refractivity contribution in [2.24, 2.45) is 5.73 Å². The molecule has 3 aromatic rings. The Bertz CT molecular complexity index is 742. The summed E-state index contributed by atoms with van der Waals surface area (Å²) >= 11 is 0. The molecule has 0 aliphatic rings. The highest BCUT2D eigenvalue weighted by molar-refractivity contribution is 5.76. The van der Waals surface area contributed by atoms with Gasteiger partial charge in [-0.3, -0.25) is 4.79 Å². The minimum absolute atomic E-state index is 0.127. The molecule has 2 aromatic carbocycles. The van der Waals surface area contributed by atoms with Crippen LogP contribution in [0.5, 0.6) is 0 Å². The van der Waals surface area contributed by atoms with Gasteiger partial charge in [0.2, 0.25) is 5.91 Å². The molecule has 104 valence electrons. The summed E-state index contributed by atoms with van der Waals surface area (Å²) in [6, 6.07) is 22.0. The molecule has 3 heteroatoms. The van der Waals surface area contributed by atoms with Crippen LogP contribution in [0.1, 0.15) is 5.76 Å². The summed E-state index contributed by atoms with van der Waals surface area (Å²) in [4.78, 5) is 10.9. The molecule has 1 amide bonds. The second-order valence-electron chi connectivity index (χ2n) is 4.85. The summed E-state index contributed by atoms with van der Waals surface area (Å²) in [6.07, 6.45) is 0.127. The Morgan fingerprint density at radius 3 is 2.10 bits per heavy atom. The van der Waals surface area contributed by atoms with E-state index in [1.807, 2.05) is 36.4 Å². The van der Waals surface area contributed by atoms with Gasteiger partial charge in [0.25, 0.3) is 0 Å². The number of primary amides is 1. The summed E-state index contributed by atoms with van der Waals surface area (Å²) in [7, 11) is 0. The number of amides is 1. The van der Waals surface area contributed by atoms with Crippen molar-refractivity contribution >= 4 is 5.91 Å². The minimum atomic E-state index is -0.393. The Labute approximate surface area is 123 Å². The molecule has 0 aliphatic heterocycles. The van der Waals surface area contributed by atoms with E-state index in [0.29, 0.717) is 5.76 Å². The maximum Gasteiger partial charge on any atom is 0.225 e. The fraction of sp³-hybridized carbons (Fsp3) is 0.0556. The number of hydrogen-bond acceptors (Lipinski definition) is 2. The molecule has 0 spiro atoms. The lowest BCUT2D eigenvalue weighted by Gasteiger charge is -2.03. The molecule has 1 aromatic heterocycles. The first kappa shape index (κ1) is 13.2. The summed E-state index contributed by atoms with van der Waals surface area (Å²) in [5, 5.41) is 0. The first-order valence-corrected chi connectivity index (χ1v) is 6.75. The van der Waals surface area contributed by atoms with Gasteiger partial charge in [0.1, 0.15) is 11.5 Å². The Morgan fingerprint density at radius 2 is 1.43 bits per heavy atom. The van der Waals surface area contributed by atoms with Gasteiger partial charge in [-0.15, -0.1) is 0 Å². The van der Waals surface area contributed by atoms with Crippen molar-refractivity contribution in [3.8, 4) is 22.5 Å². The number of furan rings is 1. The molecule has 21 heavy (non-hydrogen) atoms. The number of carbonyl (C=O) groups excluding carboxylic acids is 1. The molecule has 0 unspecified atom stereocenters. The van der Waals surface area contributed by atoms with E-state index in [4.69, 9.17) is 10.2 Å². The van der Waals surface area contributed by atoms with E-state index < -0.39 is 5.91 Å². The largest absolute Gasteiger partial charge is 0.461 e. The first-order chi connectivity index (χ1) is 10.2. The average Bonchev–Trinajstić information content (AvgIpc) is 2.96. The highest BCUT2D eigenvalue weighted by Gasteiger charge is 2.07. The van der Waals surface area contributed by atoms with Gasteiger partial charge in [0.05, 0.1) is 6.42 Å². The maximum absolute atomic E-state index is 10.9. The van der Waals surface area contributed by atoms with E-state index in [2.05, 4.69) is 24.3 Å². The topological polar surface area (TPSA) is 56.2 Å². The standard InChI is InChI=1S/C18H15NO2/c19-18(20)12-16-10-11-17(21-16)15-8-6-14(7-9-15)13-4-2-1-3-5-13/h1-11H,12H2,(H2,19,20). The van der Waals surface area contributed by atoms with Gasteiger partial charge < -0.3 is 10.2 Å². The monoisotopic (exact) mass is 277 g/mol. The number of benzene rings is 2. The van der Waals surface area contributed by atoms with Crippen LogP contribution in [0.2, 0.25) is 0 Å². The number of nitrogens with two attached hydrogens (primary N) is 1. The van der Waals surface area contributed by atoms with Crippen molar-refractivity contribution in [1.29, 1.82) is 0 Å². The van der Waals surface area contributed by atoms with E-state index in [1.54, 1.807) is 6.07 Å². The van der Waals surface area contributed by atoms with Crippen LogP contribution in [0.3, 0.4) is 0 Å². The van der Waals surface area contributed by atoms with Crippen molar-refractivity contribution in [3.05, 3.63) is 72.5 Å². The molecule has 0 fully saturated rings. The second-order valence-corrected chi connectivity index (χ2v) is 4.85. The minimum Gasteiger partial charge on any atom is -0.461 e. The Kier molecular flexibility index (Phi) is 3.56. The third-order valence-corrected chi connectivity index (χ3v) is 3.29. The summed E-state index contributed by atoms with van der Waals surface area (Å²) in [5.74, 6) is 0.936. The van der Waals surface area contributed by atoms with E-state index >= 15 is 0 Å². The van der Waals surface area contributed by atoms with Crippen LogP contribution >= 0.6 is 0 Å². The molecule has 1 heterocycles. The van der Waals surface area contributed by atoms with Crippen LogP contribution in [0.15, 0.2) is 71.1 Å². The Hall–Kier alpha value is -2.81. The third kappa shape index (κ3) is 3.03. The van der Waals surface area contributed by atoms with Gasteiger partial charge in [-0.2, -0.15) is 0 Å². The molecule has 0 saturated carbocycles. The van der Waals surface area contributed by atoms with Crippen LogP contribution in [-0.4, -0.2) is 5.91 Å². The maximum atomic E-state index is 10.9. The van der Waals surface area contributed by atoms with Crippen molar-refractivity contribution in [2.75, 3.05) is 0 Å². The zero-order valence-corrected chi connectivity index (χ0v) is 11.5. The molecular formula is C18H15NO2. The van der Waals surface area contributed by atoms with Crippen LogP contribution in [0.4, 0.5) is 0 Å². The van der Waals surface area contributed by atoms with Crippen molar-refractivity contribution in [2.45, 2.75) is 6.42 Å². The van der Waals surface area contributed by atoms with E-state index in [1.165, 1.54) is 5.56 Å². The van der Waals surface area contributed by atoms with Crippen LogP contribution in [0, 0.1) is 0 Å². The predicted octanol–water partition coefficient (Wildman–Crippen LogP) is 3.64. The molecule has 0 atom stereocenters. The number of rotatable bonds is 4. The number of hydrogen-bond donors (Lipinski definition) is 1. The lowest BCUT2D eigenvalue weighted by Crippen LogP contribution is -2.12. The van der Waals surface area contributed by atoms with Gasteiger partial charge >= 0.3 is 0 Å². The van der Waals surface area contributed by atoms with E-state index in [-0.39, 0.29) is 6.42 Å². The lowest BCUT2D eigenvalue weighted by molar-refractivity contribution is -0.117. The van der Waals surface area contributed by atoms with Gasteiger partial charge in [-0.25, -0.2) is 0 Å². The smallest absolute Gasteiger partial charge is 0.225 e. The molecule has 3 nitrogen and oxygen atoms in total. The fourth-order valence-corrected chi connectivity index (χ4v) is 2.26. The molecule has 0 saturated heterocycles. The molecule has 3 rings (SSSR count). The van der Waals surface area contributed by atoms with Crippen LogP contribution in [0.25, 0.3) is 22.5 Å². The SMILES string of the molecule is NC(=O)Cc1ccc(-c2ccc(-c3ccccc3)cc2)o1. The Balaban J connectivity index is 1.84. The first-order valence-electron chi connectivity index (χ1n) is 6.75. The number of carbonyl (C=O) groups is 1. The molecule has 0 aliphatic carbocycles. The van der Waals surface area contributed by atoms with Gasteiger partial charge in [-0.05, 0) is 23.3 Å². The van der Waals surface area contributed by atoms with Crippen molar-refractivity contribution in [1.82, 2.24) is 0 Å². The Morgan fingerprint density at radius 1 is 0.810 bits per heavy atom. The van der Waals surface area contributed by atoms with Gasteiger partial charge in [0, 0.05) is 5.56 Å². The van der Waals surface area contributed by atoms with Crippen LogP contribution < -0.4 is 5.73 Å². The highest BCUT2D eigenvalue weighted by atomic mass is 16.3. The average molecular weight is 277 g/mol. The zero-order chi connectivity index (χ0) is 14.7. The molecule has 0 bridgehead atoms. The quantitative estimate of drug-likeness (QED) is 0.791. The summed E-state index contributed by atoms with van der Waals surface area (Å²) in [5.41, 5.74) is 8.47. The van der Waals surface area contributed by atoms with Crippen molar-refractivity contribution in [3.63, 3.8) is 0 Å². The predicted molar refractivity (Wildman–Crippen MR) is 82.5 cm³/mol. The van der Waals surface area contributed by atoms with E-state index in [0.717, 1.165) is 16.9 Å². The second kappa shape index (κ2) is 5.67. The van der Waals surface area contributed by atoms with Crippen LogP contribution in [-0.2, 0) is 11.2 Å². The summed E-state index contributed by atoms with van der Waals surface area (Å²) in [6.45, 7) is 0. The normalized spacial score (nSPS) is 10.5. The van der Waals surface area contributed by atoms with Crippen molar-refractivity contribution < 1.29 is 9.21 Å². The zero-order valence-electron chi connectivity index (χ0n) is 11.5. The molecule has 2 N–H and O–H groups in total. The highest BCUT2D eigenvalue weighted by Crippen LogP contribution is 2.26. The molecular weight excluding hydrogens is 262 g/mol. The van der Waals surface area contributed by atoms with E-state index in [9.17, 15) is 4.79 Å². The third-order valence-electron chi connectivity index (χ3n) is 3.29.